The highest BCUT2D eigenvalue weighted by Crippen LogP contribution is 2.29. The Morgan fingerprint density at radius 3 is 2.50 bits per heavy atom. The molecule has 1 fully saturated rings. The number of hydroxylamine groups is 2. The molecule has 8 heteroatoms. The summed E-state index contributed by atoms with van der Waals surface area (Å²) >= 11 is 0. The number of phenolic OH excluding ortho intramolecular Hbond substituents is 1. The predicted molar refractivity (Wildman–Crippen MR) is 140 cm³/mol. The van der Waals surface area contributed by atoms with Gasteiger partial charge in [0.2, 0.25) is 5.91 Å². The number of nitrogens with zero attached hydrogens (tertiary/aromatic N) is 1. The second-order valence-corrected chi connectivity index (χ2v) is 8.71. The van der Waals surface area contributed by atoms with Crippen molar-refractivity contribution in [3.8, 4) is 11.5 Å². The SMILES string of the molecule is COc1ccc(O)c(C(=O)c2ccc(CON3CCCCC(c4ccccc4C(N)=O)C3)cc2)c1.Cl. The summed E-state index contributed by atoms with van der Waals surface area (Å²) in [5, 5.41) is 12.1. The molecule has 3 aromatic rings. The number of primary amides is 1. The minimum atomic E-state index is -0.408. The van der Waals surface area contributed by atoms with Gasteiger partial charge in [-0.25, -0.2) is 0 Å². The maximum Gasteiger partial charge on any atom is 0.248 e. The number of ketones is 1. The number of halogens is 1. The number of aromatic hydroxyl groups is 1. The number of nitrogens with two attached hydrogens (primary N) is 1. The van der Waals surface area contributed by atoms with Crippen LogP contribution in [-0.2, 0) is 11.4 Å². The van der Waals surface area contributed by atoms with Crippen LogP contribution in [0, 0.1) is 0 Å². The lowest BCUT2D eigenvalue weighted by Crippen LogP contribution is -2.29. The van der Waals surface area contributed by atoms with E-state index < -0.39 is 5.91 Å². The highest BCUT2D eigenvalue weighted by atomic mass is 35.5. The molecule has 0 radical (unpaired) electrons. The first-order valence-corrected chi connectivity index (χ1v) is 11.7. The van der Waals surface area contributed by atoms with Crippen LogP contribution in [-0.4, -0.2) is 42.1 Å². The van der Waals surface area contributed by atoms with Crippen molar-refractivity contribution in [2.45, 2.75) is 31.8 Å². The van der Waals surface area contributed by atoms with Gasteiger partial charge in [0.1, 0.15) is 11.5 Å². The molecule has 190 valence electrons. The molecule has 0 aromatic heterocycles. The summed E-state index contributed by atoms with van der Waals surface area (Å²) in [5.41, 5.74) is 8.73. The fourth-order valence-electron chi connectivity index (χ4n) is 4.45. The topological polar surface area (TPSA) is 102 Å². The lowest BCUT2D eigenvalue weighted by molar-refractivity contribution is -0.169. The van der Waals surface area contributed by atoms with Crippen molar-refractivity contribution in [3.05, 3.63) is 94.5 Å². The van der Waals surface area contributed by atoms with E-state index in [0.29, 0.717) is 30.0 Å². The molecule has 1 amide bonds. The van der Waals surface area contributed by atoms with Gasteiger partial charge in [0, 0.05) is 24.2 Å². The van der Waals surface area contributed by atoms with E-state index in [1.807, 2.05) is 35.4 Å². The second kappa shape index (κ2) is 12.5. The lowest BCUT2D eigenvalue weighted by atomic mass is 9.90. The standard InChI is InChI=1S/C28H30N2O5.ClH/c1-34-22-13-14-26(31)25(16-22)27(32)20-11-9-19(10-12-20)18-35-30-15-5-4-6-21(17-30)23-7-2-3-8-24(23)28(29)33;/h2-3,7-14,16,21,31H,4-6,15,17-18H2,1H3,(H2,29,33);1H. The maximum absolute atomic E-state index is 12.8. The molecule has 3 N–H and O–H groups in total. The Balaban J connectivity index is 0.00000361. The van der Waals surface area contributed by atoms with Crippen LogP contribution in [0.1, 0.15) is 62.6 Å². The Morgan fingerprint density at radius 2 is 1.78 bits per heavy atom. The van der Waals surface area contributed by atoms with E-state index in [0.717, 1.165) is 36.9 Å². The summed E-state index contributed by atoms with van der Waals surface area (Å²) in [7, 11) is 1.51. The molecule has 4 rings (SSSR count). The third-order valence-electron chi connectivity index (χ3n) is 6.38. The number of rotatable bonds is 8. The quantitative estimate of drug-likeness (QED) is 0.420. The highest BCUT2D eigenvalue weighted by molar-refractivity contribution is 6.10. The van der Waals surface area contributed by atoms with Gasteiger partial charge in [0.25, 0.3) is 0 Å². The zero-order valence-electron chi connectivity index (χ0n) is 20.2. The average molecular weight is 511 g/mol. The van der Waals surface area contributed by atoms with Gasteiger partial charge in [0.15, 0.2) is 5.78 Å². The van der Waals surface area contributed by atoms with Gasteiger partial charge in [-0.1, -0.05) is 48.9 Å². The first-order valence-electron chi connectivity index (χ1n) is 11.7. The van der Waals surface area contributed by atoms with Crippen molar-refractivity contribution in [3.63, 3.8) is 0 Å². The summed E-state index contributed by atoms with van der Waals surface area (Å²) in [4.78, 5) is 30.9. The molecule has 1 saturated heterocycles. The summed E-state index contributed by atoms with van der Waals surface area (Å²) in [5.74, 6) is -0.106. The number of phenols is 1. The van der Waals surface area contributed by atoms with Gasteiger partial charge in [0.05, 0.1) is 19.3 Å². The summed E-state index contributed by atoms with van der Waals surface area (Å²) in [6.45, 7) is 1.85. The van der Waals surface area contributed by atoms with Gasteiger partial charge in [-0.05, 0) is 54.2 Å². The molecule has 3 aromatic carbocycles. The summed E-state index contributed by atoms with van der Waals surface area (Å²) < 4.78 is 5.16. The maximum atomic E-state index is 12.8. The van der Waals surface area contributed by atoms with Crippen molar-refractivity contribution >= 4 is 24.1 Å². The van der Waals surface area contributed by atoms with Gasteiger partial charge < -0.3 is 15.6 Å². The third kappa shape index (κ3) is 6.43. The Hall–Kier alpha value is -3.39. The second-order valence-electron chi connectivity index (χ2n) is 8.71. The normalized spacial score (nSPS) is 16.0. The van der Waals surface area contributed by atoms with Crippen molar-refractivity contribution in [2.75, 3.05) is 20.2 Å². The van der Waals surface area contributed by atoms with Gasteiger partial charge >= 0.3 is 0 Å². The van der Waals surface area contributed by atoms with Crippen LogP contribution in [0.2, 0.25) is 0 Å². The molecule has 7 nitrogen and oxygen atoms in total. The lowest BCUT2D eigenvalue weighted by Gasteiger charge is -2.25. The summed E-state index contributed by atoms with van der Waals surface area (Å²) in [6, 6.07) is 19.3. The van der Waals surface area contributed by atoms with E-state index in [2.05, 4.69) is 0 Å². The van der Waals surface area contributed by atoms with Crippen LogP contribution in [0.25, 0.3) is 0 Å². The number of carbonyl (C=O) groups is 2. The molecule has 1 aliphatic rings. The minimum absolute atomic E-state index is 0. The van der Waals surface area contributed by atoms with E-state index in [-0.39, 0.29) is 35.4 Å². The van der Waals surface area contributed by atoms with Gasteiger partial charge in [-0.2, -0.15) is 5.06 Å². The van der Waals surface area contributed by atoms with Crippen molar-refractivity contribution < 1.29 is 24.3 Å². The van der Waals surface area contributed by atoms with Crippen molar-refractivity contribution in [1.82, 2.24) is 5.06 Å². The first-order chi connectivity index (χ1) is 17.0. The molecule has 1 heterocycles. The van der Waals surface area contributed by atoms with E-state index in [4.69, 9.17) is 15.3 Å². The number of methoxy groups -OCH3 is 1. The van der Waals surface area contributed by atoms with Crippen LogP contribution in [0.5, 0.6) is 11.5 Å². The number of hydrogen-bond donors (Lipinski definition) is 2. The fraction of sp³-hybridized carbons (Fsp3) is 0.286. The monoisotopic (exact) mass is 510 g/mol. The number of carbonyl (C=O) groups excluding carboxylic acids is 2. The van der Waals surface area contributed by atoms with Gasteiger partial charge in [-0.15, -0.1) is 12.4 Å². The van der Waals surface area contributed by atoms with E-state index in [1.165, 1.54) is 19.2 Å². The molecular weight excluding hydrogens is 480 g/mol. The number of ether oxygens (including phenoxy) is 1. The third-order valence-corrected chi connectivity index (χ3v) is 6.38. The van der Waals surface area contributed by atoms with E-state index >= 15 is 0 Å². The highest BCUT2D eigenvalue weighted by Gasteiger charge is 2.23. The summed E-state index contributed by atoms with van der Waals surface area (Å²) in [6.07, 6.45) is 3.02. The van der Waals surface area contributed by atoms with E-state index in [9.17, 15) is 14.7 Å². The molecule has 1 atom stereocenters. The molecule has 0 aliphatic carbocycles. The zero-order chi connectivity index (χ0) is 24.8. The molecule has 1 unspecified atom stereocenters. The molecule has 0 bridgehead atoms. The largest absolute Gasteiger partial charge is 0.507 e. The molecule has 0 saturated carbocycles. The molecular formula is C28H31ClN2O5. The molecule has 36 heavy (non-hydrogen) atoms. The number of amides is 1. The fourth-order valence-corrected chi connectivity index (χ4v) is 4.45. The van der Waals surface area contributed by atoms with Crippen LogP contribution >= 0.6 is 12.4 Å². The molecule has 0 spiro atoms. The Kier molecular flexibility index (Phi) is 9.47. The average Bonchev–Trinajstić information content (AvgIpc) is 3.13. The number of hydrogen-bond acceptors (Lipinski definition) is 6. The van der Waals surface area contributed by atoms with Crippen molar-refractivity contribution in [2.24, 2.45) is 5.73 Å². The first kappa shape index (κ1) is 27.2. The predicted octanol–water partition coefficient (Wildman–Crippen LogP) is 4.85. The van der Waals surface area contributed by atoms with Crippen LogP contribution in [0.15, 0.2) is 66.7 Å². The van der Waals surface area contributed by atoms with Crippen LogP contribution in [0.3, 0.4) is 0 Å². The minimum Gasteiger partial charge on any atom is -0.507 e. The Morgan fingerprint density at radius 1 is 1.03 bits per heavy atom. The van der Waals surface area contributed by atoms with Crippen molar-refractivity contribution in [1.29, 1.82) is 0 Å². The van der Waals surface area contributed by atoms with Gasteiger partial charge in [-0.3, -0.25) is 14.4 Å². The van der Waals surface area contributed by atoms with Crippen LogP contribution < -0.4 is 10.5 Å². The van der Waals surface area contributed by atoms with E-state index in [1.54, 1.807) is 24.3 Å². The Labute approximate surface area is 217 Å². The van der Waals surface area contributed by atoms with Crippen LogP contribution in [0.4, 0.5) is 0 Å². The number of benzene rings is 3. The smallest absolute Gasteiger partial charge is 0.248 e. The Bertz CT molecular complexity index is 1200. The zero-order valence-corrected chi connectivity index (χ0v) is 21.0. The molecule has 1 aliphatic heterocycles.